The smallest absolute Gasteiger partial charge is 0.256 e. The first-order chi connectivity index (χ1) is 15.2. The van der Waals surface area contributed by atoms with Gasteiger partial charge in [0, 0.05) is 29.3 Å². The van der Waals surface area contributed by atoms with Crippen LogP contribution in [0.5, 0.6) is 0 Å². The first kappa shape index (κ1) is 21.5. The Labute approximate surface area is 187 Å². The van der Waals surface area contributed by atoms with Crippen molar-refractivity contribution >= 4 is 21.4 Å². The predicted molar refractivity (Wildman–Crippen MR) is 126 cm³/mol. The van der Waals surface area contributed by atoms with E-state index in [1.54, 1.807) is 24.4 Å². The van der Waals surface area contributed by atoms with Crippen LogP contribution in [0.2, 0.25) is 0 Å². The Morgan fingerprint density at radius 2 is 1.66 bits per heavy atom. The van der Waals surface area contributed by atoms with E-state index in [9.17, 15) is 13.2 Å². The van der Waals surface area contributed by atoms with Gasteiger partial charge in [-0.2, -0.15) is 5.10 Å². The fourth-order valence-corrected chi connectivity index (χ4v) is 4.35. The average molecular weight is 446 g/mol. The molecular weight excluding hydrogens is 422 g/mol. The van der Waals surface area contributed by atoms with E-state index in [1.165, 1.54) is 6.07 Å². The lowest BCUT2D eigenvalue weighted by Crippen LogP contribution is -2.14. The first-order valence-electron chi connectivity index (χ1n) is 10.0. The molecule has 0 atom stereocenters. The number of aromatic amines is 1. The normalized spacial score (nSPS) is 11.3. The van der Waals surface area contributed by atoms with E-state index in [1.807, 2.05) is 56.3 Å². The van der Waals surface area contributed by atoms with Crippen molar-refractivity contribution in [2.24, 2.45) is 0 Å². The highest BCUT2D eigenvalue weighted by atomic mass is 32.2. The highest BCUT2D eigenvalue weighted by molar-refractivity contribution is 7.90. The van der Waals surface area contributed by atoms with Gasteiger partial charge in [-0.15, -0.1) is 0 Å². The molecule has 1 heterocycles. The molecule has 0 radical (unpaired) electrons. The number of H-pyrrole nitrogens is 1. The maximum atomic E-state index is 13.3. The Balaban J connectivity index is 1.76. The summed E-state index contributed by atoms with van der Waals surface area (Å²) in [5.74, 6) is -0.319. The number of nitrogens with zero attached hydrogens (tertiary/aromatic N) is 1. The number of aryl methyl sites for hydroxylation is 2. The number of hydrogen-bond donors (Lipinski definition) is 2. The number of anilines is 1. The van der Waals surface area contributed by atoms with Crippen LogP contribution in [0.15, 0.2) is 77.8 Å². The van der Waals surface area contributed by atoms with E-state index in [0.717, 1.165) is 34.2 Å². The van der Waals surface area contributed by atoms with Crippen molar-refractivity contribution in [1.82, 2.24) is 10.2 Å². The van der Waals surface area contributed by atoms with E-state index in [4.69, 9.17) is 0 Å². The maximum absolute atomic E-state index is 13.3. The van der Waals surface area contributed by atoms with Gasteiger partial charge in [0.25, 0.3) is 5.91 Å². The van der Waals surface area contributed by atoms with Gasteiger partial charge >= 0.3 is 0 Å². The van der Waals surface area contributed by atoms with Gasteiger partial charge in [-0.1, -0.05) is 41.5 Å². The predicted octanol–water partition coefficient (Wildman–Crippen LogP) is 5.02. The molecule has 0 aliphatic heterocycles. The molecule has 0 saturated heterocycles. The van der Waals surface area contributed by atoms with Gasteiger partial charge in [0.15, 0.2) is 9.84 Å². The largest absolute Gasteiger partial charge is 0.322 e. The van der Waals surface area contributed by atoms with Crippen LogP contribution >= 0.6 is 0 Å². The van der Waals surface area contributed by atoms with Crippen molar-refractivity contribution in [1.29, 1.82) is 0 Å². The molecule has 0 spiro atoms. The lowest BCUT2D eigenvalue weighted by Gasteiger charge is -2.14. The number of aromatic nitrogens is 2. The van der Waals surface area contributed by atoms with Crippen LogP contribution in [0.1, 0.15) is 21.5 Å². The molecule has 0 bridgehead atoms. The highest BCUT2D eigenvalue weighted by Crippen LogP contribution is 2.30. The summed E-state index contributed by atoms with van der Waals surface area (Å²) in [6.07, 6.45) is 2.83. The zero-order valence-electron chi connectivity index (χ0n) is 18.0. The maximum Gasteiger partial charge on any atom is 0.256 e. The molecule has 3 aromatic carbocycles. The summed E-state index contributed by atoms with van der Waals surface area (Å²) in [4.78, 5) is 13.4. The quantitative estimate of drug-likeness (QED) is 0.451. The third-order valence-corrected chi connectivity index (χ3v) is 6.24. The van der Waals surface area contributed by atoms with Crippen molar-refractivity contribution in [3.63, 3.8) is 0 Å². The highest BCUT2D eigenvalue weighted by Gasteiger charge is 2.18. The fraction of sp³-hybridized carbons (Fsp3) is 0.120. The summed E-state index contributed by atoms with van der Waals surface area (Å²) in [6, 6.07) is 19.8. The topological polar surface area (TPSA) is 91.9 Å². The summed E-state index contributed by atoms with van der Waals surface area (Å²) in [5.41, 5.74) is 6.19. The third kappa shape index (κ3) is 4.63. The molecule has 0 aliphatic rings. The Bertz CT molecular complexity index is 1390. The molecular formula is C25H23N3O3S. The van der Waals surface area contributed by atoms with Gasteiger partial charge in [0.2, 0.25) is 0 Å². The Morgan fingerprint density at radius 3 is 2.31 bits per heavy atom. The molecule has 32 heavy (non-hydrogen) atoms. The van der Waals surface area contributed by atoms with Crippen LogP contribution in [-0.4, -0.2) is 30.8 Å². The lowest BCUT2D eigenvalue weighted by atomic mass is 9.96. The van der Waals surface area contributed by atoms with Crippen molar-refractivity contribution < 1.29 is 13.2 Å². The van der Waals surface area contributed by atoms with Crippen molar-refractivity contribution in [2.75, 3.05) is 11.6 Å². The molecule has 162 valence electrons. The van der Waals surface area contributed by atoms with Crippen molar-refractivity contribution in [3.05, 3.63) is 89.6 Å². The van der Waals surface area contributed by atoms with Gasteiger partial charge in [-0.3, -0.25) is 9.89 Å². The van der Waals surface area contributed by atoms with Crippen LogP contribution in [0.3, 0.4) is 0 Å². The summed E-state index contributed by atoms with van der Waals surface area (Å²) in [7, 11) is -3.43. The number of carbonyl (C=O) groups excluding carboxylic acids is 1. The number of rotatable bonds is 5. The molecule has 0 unspecified atom stereocenters. The van der Waals surface area contributed by atoms with E-state index in [0.29, 0.717) is 16.8 Å². The third-order valence-electron chi connectivity index (χ3n) is 5.13. The molecule has 1 aromatic heterocycles. The average Bonchev–Trinajstić information content (AvgIpc) is 3.27. The van der Waals surface area contributed by atoms with E-state index < -0.39 is 9.84 Å². The molecule has 0 saturated carbocycles. The molecule has 4 aromatic rings. The Hall–Kier alpha value is -3.71. The SMILES string of the molecule is Cc1cc(C)cc(-c2cc(S(C)(=O)=O)ccc2C(=O)Nc2cccc(-c3ccn[nH]3)c2)c1. The second-order valence-corrected chi connectivity index (χ2v) is 9.88. The minimum absolute atomic E-state index is 0.171. The Kier molecular flexibility index (Phi) is 5.67. The fourth-order valence-electron chi connectivity index (χ4n) is 3.70. The lowest BCUT2D eigenvalue weighted by molar-refractivity contribution is 0.102. The van der Waals surface area contributed by atoms with Crippen molar-refractivity contribution in [2.45, 2.75) is 18.7 Å². The second kappa shape index (κ2) is 8.43. The first-order valence-corrected chi connectivity index (χ1v) is 11.9. The Morgan fingerprint density at radius 1 is 0.906 bits per heavy atom. The van der Waals surface area contributed by atoms with Crippen molar-refractivity contribution in [3.8, 4) is 22.4 Å². The van der Waals surface area contributed by atoms with Crippen LogP contribution in [-0.2, 0) is 9.84 Å². The molecule has 6 nitrogen and oxygen atoms in total. The number of hydrogen-bond acceptors (Lipinski definition) is 4. The van der Waals surface area contributed by atoms with Gasteiger partial charge in [0.05, 0.1) is 10.6 Å². The van der Waals surface area contributed by atoms with E-state index >= 15 is 0 Å². The summed E-state index contributed by atoms with van der Waals surface area (Å²) in [6.45, 7) is 3.94. The summed E-state index contributed by atoms with van der Waals surface area (Å²) >= 11 is 0. The van der Waals surface area contributed by atoms with E-state index in [-0.39, 0.29) is 10.8 Å². The molecule has 2 N–H and O–H groups in total. The standard InChI is InChI=1S/C25H23N3O3S/c1-16-11-17(2)13-19(12-16)23-15-21(32(3,30)31)7-8-22(23)25(29)27-20-6-4-5-18(14-20)24-9-10-26-28-24/h4-15H,1-3H3,(H,26,28)(H,27,29). The van der Waals surface area contributed by atoms with Crippen LogP contribution in [0, 0.1) is 13.8 Å². The van der Waals surface area contributed by atoms with Gasteiger partial charge in [-0.05, 0) is 61.4 Å². The number of sulfone groups is 1. The minimum Gasteiger partial charge on any atom is -0.322 e. The molecule has 1 amide bonds. The van der Waals surface area contributed by atoms with Crippen LogP contribution in [0.4, 0.5) is 5.69 Å². The summed E-state index contributed by atoms with van der Waals surface area (Å²) < 4.78 is 24.3. The minimum atomic E-state index is -3.43. The number of carbonyl (C=O) groups is 1. The summed E-state index contributed by atoms with van der Waals surface area (Å²) in [5, 5.41) is 9.81. The van der Waals surface area contributed by atoms with E-state index in [2.05, 4.69) is 15.5 Å². The van der Waals surface area contributed by atoms with Crippen LogP contribution < -0.4 is 5.32 Å². The zero-order chi connectivity index (χ0) is 22.9. The zero-order valence-corrected chi connectivity index (χ0v) is 18.8. The molecule has 0 aliphatic carbocycles. The molecule has 4 rings (SSSR count). The van der Waals surface area contributed by atoms with Gasteiger partial charge in [0.1, 0.15) is 0 Å². The molecule has 7 heteroatoms. The number of benzene rings is 3. The second-order valence-electron chi connectivity index (χ2n) is 7.86. The van der Waals surface area contributed by atoms with Gasteiger partial charge < -0.3 is 5.32 Å². The number of amides is 1. The monoisotopic (exact) mass is 445 g/mol. The molecule has 0 fully saturated rings. The number of nitrogens with one attached hydrogen (secondary N) is 2. The van der Waals surface area contributed by atoms with Crippen LogP contribution in [0.25, 0.3) is 22.4 Å². The van der Waals surface area contributed by atoms with Gasteiger partial charge in [-0.25, -0.2) is 8.42 Å².